The van der Waals surface area contributed by atoms with E-state index in [0.29, 0.717) is 12.3 Å². The van der Waals surface area contributed by atoms with Gasteiger partial charge < -0.3 is 5.32 Å². The van der Waals surface area contributed by atoms with Crippen LogP contribution in [-0.2, 0) is 14.6 Å². The summed E-state index contributed by atoms with van der Waals surface area (Å²) in [6, 6.07) is -0.220. The van der Waals surface area contributed by atoms with Crippen LogP contribution in [0.3, 0.4) is 0 Å². The molecule has 3 fully saturated rings. The zero-order valence-corrected chi connectivity index (χ0v) is 14.1. The predicted molar refractivity (Wildman–Crippen MR) is 86.4 cm³/mol. The maximum Gasteiger partial charge on any atom is 0.220 e. The summed E-state index contributed by atoms with van der Waals surface area (Å²) in [7, 11) is -3.02. The second-order valence-electron chi connectivity index (χ2n) is 7.27. The van der Waals surface area contributed by atoms with Gasteiger partial charge in [0.25, 0.3) is 0 Å². The number of hydrogen-bond acceptors (Lipinski definition) is 4. The summed E-state index contributed by atoms with van der Waals surface area (Å²) in [5.74, 6) is 0.876. The van der Waals surface area contributed by atoms with E-state index in [-0.39, 0.29) is 29.5 Å². The molecule has 0 radical (unpaired) electrons. The number of rotatable bonds is 4. The average Bonchev–Trinajstić information content (AvgIpc) is 3.07. The summed E-state index contributed by atoms with van der Waals surface area (Å²) in [6.45, 7) is 1.93. The van der Waals surface area contributed by atoms with Gasteiger partial charge in [-0.2, -0.15) is 0 Å². The minimum absolute atomic E-state index is 0.0113. The highest BCUT2D eigenvalue weighted by Crippen LogP contribution is 2.27. The topological polar surface area (TPSA) is 66.5 Å². The second kappa shape index (κ2) is 6.87. The Hall–Kier alpha value is -0.620. The third-order valence-corrected chi connectivity index (χ3v) is 7.19. The zero-order valence-electron chi connectivity index (χ0n) is 13.3. The van der Waals surface area contributed by atoms with Gasteiger partial charge in [-0.25, -0.2) is 8.42 Å². The van der Waals surface area contributed by atoms with Crippen molar-refractivity contribution in [1.29, 1.82) is 0 Å². The van der Waals surface area contributed by atoms with Gasteiger partial charge in [0, 0.05) is 12.5 Å². The largest absolute Gasteiger partial charge is 0.351 e. The molecule has 0 aromatic rings. The van der Waals surface area contributed by atoms with Gasteiger partial charge in [-0.05, 0) is 44.7 Å². The number of carbonyl (C=O) groups is 1. The maximum atomic E-state index is 12.3. The Labute approximate surface area is 133 Å². The Kier molecular flexibility index (Phi) is 5.07. The summed E-state index contributed by atoms with van der Waals surface area (Å²) in [4.78, 5) is 14.6. The summed E-state index contributed by atoms with van der Waals surface area (Å²) in [6.07, 6.45) is 8.88. The molecule has 2 heterocycles. The second-order valence-corrected chi connectivity index (χ2v) is 9.42. The van der Waals surface area contributed by atoms with Crippen molar-refractivity contribution in [2.75, 3.05) is 24.6 Å². The zero-order chi connectivity index (χ0) is 15.6. The highest BCUT2D eigenvalue weighted by atomic mass is 32.2. The van der Waals surface area contributed by atoms with E-state index in [0.717, 1.165) is 38.8 Å². The minimum Gasteiger partial charge on any atom is -0.351 e. The smallest absolute Gasteiger partial charge is 0.220 e. The molecule has 0 bridgehead atoms. The van der Waals surface area contributed by atoms with Crippen LogP contribution in [0.2, 0.25) is 0 Å². The van der Waals surface area contributed by atoms with Gasteiger partial charge in [0.1, 0.15) is 0 Å². The Morgan fingerprint density at radius 2 is 1.68 bits per heavy atom. The molecule has 6 heteroatoms. The van der Waals surface area contributed by atoms with Crippen molar-refractivity contribution < 1.29 is 13.2 Å². The van der Waals surface area contributed by atoms with Crippen LogP contribution in [0.4, 0.5) is 0 Å². The molecule has 0 aromatic heterocycles. The number of hydrogen-bond donors (Lipinski definition) is 1. The fraction of sp³-hybridized carbons (Fsp3) is 0.938. The van der Waals surface area contributed by atoms with Gasteiger partial charge in [-0.15, -0.1) is 0 Å². The first-order chi connectivity index (χ1) is 10.5. The fourth-order valence-corrected chi connectivity index (χ4v) is 6.27. The SMILES string of the molecule is O=C(CC1CCCCC1)NC1CS(=O)(=O)CC1N1CCCC1. The lowest BCUT2D eigenvalue weighted by Crippen LogP contribution is -2.50. The summed E-state index contributed by atoms with van der Waals surface area (Å²) in [5.41, 5.74) is 0. The Bertz CT molecular complexity index is 494. The monoisotopic (exact) mass is 328 g/mol. The molecule has 5 nitrogen and oxygen atoms in total. The quantitative estimate of drug-likeness (QED) is 0.845. The molecule has 1 N–H and O–H groups in total. The van der Waals surface area contributed by atoms with Crippen LogP contribution in [0.5, 0.6) is 0 Å². The summed E-state index contributed by atoms with van der Waals surface area (Å²) in [5, 5.41) is 3.05. The van der Waals surface area contributed by atoms with E-state index < -0.39 is 9.84 Å². The molecule has 3 aliphatic rings. The van der Waals surface area contributed by atoms with Crippen molar-refractivity contribution in [3.05, 3.63) is 0 Å². The standard InChI is InChI=1S/C16H28N2O3S/c19-16(10-13-6-2-1-3-7-13)17-14-11-22(20,21)12-15(14)18-8-4-5-9-18/h13-15H,1-12H2,(H,17,19). The number of carbonyl (C=O) groups excluding carboxylic acids is 1. The van der Waals surface area contributed by atoms with Crippen LogP contribution in [-0.4, -0.2) is 55.9 Å². The molecule has 1 aliphatic carbocycles. The molecule has 126 valence electrons. The maximum absolute atomic E-state index is 12.3. The Morgan fingerprint density at radius 3 is 2.36 bits per heavy atom. The van der Waals surface area contributed by atoms with E-state index in [1.54, 1.807) is 0 Å². The highest BCUT2D eigenvalue weighted by Gasteiger charge is 2.42. The molecule has 2 atom stereocenters. The molecule has 0 spiro atoms. The molecule has 3 rings (SSSR count). The Morgan fingerprint density at radius 1 is 1.00 bits per heavy atom. The van der Waals surface area contributed by atoms with E-state index >= 15 is 0 Å². The first-order valence-electron chi connectivity index (χ1n) is 8.77. The van der Waals surface area contributed by atoms with Crippen molar-refractivity contribution in [2.24, 2.45) is 5.92 Å². The van der Waals surface area contributed by atoms with Gasteiger partial charge in [0.05, 0.1) is 17.5 Å². The first kappa shape index (κ1) is 16.2. The van der Waals surface area contributed by atoms with E-state index in [1.165, 1.54) is 19.3 Å². The van der Waals surface area contributed by atoms with Crippen molar-refractivity contribution in [2.45, 2.75) is 63.5 Å². The molecular weight excluding hydrogens is 300 g/mol. The molecule has 2 aliphatic heterocycles. The van der Waals surface area contributed by atoms with Crippen LogP contribution in [0, 0.1) is 5.92 Å². The molecule has 0 aromatic carbocycles. The van der Waals surface area contributed by atoms with Crippen molar-refractivity contribution in [1.82, 2.24) is 10.2 Å². The van der Waals surface area contributed by atoms with Crippen molar-refractivity contribution in [3.63, 3.8) is 0 Å². The number of nitrogens with one attached hydrogen (secondary N) is 1. The van der Waals surface area contributed by atoms with Crippen molar-refractivity contribution >= 4 is 15.7 Å². The van der Waals surface area contributed by atoms with Crippen LogP contribution < -0.4 is 5.32 Å². The molecule has 2 unspecified atom stereocenters. The van der Waals surface area contributed by atoms with Gasteiger partial charge in [0.2, 0.25) is 5.91 Å². The van der Waals surface area contributed by atoms with Crippen molar-refractivity contribution in [3.8, 4) is 0 Å². The average molecular weight is 328 g/mol. The molecule has 1 saturated carbocycles. The van der Waals surface area contributed by atoms with Gasteiger partial charge in [-0.1, -0.05) is 19.3 Å². The van der Waals surface area contributed by atoms with Crippen LogP contribution in [0.15, 0.2) is 0 Å². The van der Waals surface area contributed by atoms with E-state index in [1.807, 2.05) is 0 Å². The number of nitrogens with zero attached hydrogens (tertiary/aromatic N) is 1. The Balaban J connectivity index is 1.57. The lowest BCUT2D eigenvalue weighted by molar-refractivity contribution is -0.123. The van der Waals surface area contributed by atoms with Gasteiger partial charge in [-0.3, -0.25) is 9.69 Å². The molecule has 1 amide bonds. The fourth-order valence-electron chi connectivity index (χ4n) is 4.32. The van der Waals surface area contributed by atoms with E-state index in [4.69, 9.17) is 0 Å². The van der Waals surface area contributed by atoms with E-state index in [9.17, 15) is 13.2 Å². The number of sulfone groups is 1. The highest BCUT2D eigenvalue weighted by molar-refractivity contribution is 7.91. The normalized spacial score (nSPS) is 33.1. The lowest BCUT2D eigenvalue weighted by Gasteiger charge is -2.29. The van der Waals surface area contributed by atoms with Crippen LogP contribution >= 0.6 is 0 Å². The number of amides is 1. The summed E-state index contributed by atoms with van der Waals surface area (Å²) < 4.78 is 24.0. The predicted octanol–water partition coefficient (Wildman–Crippen LogP) is 1.33. The summed E-state index contributed by atoms with van der Waals surface area (Å²) >= 11 is 0. The van der Waals surface area contributed by atoms with Gasteiger partial charge >= 0.3 is 0 Å². The molecular formula is C16H28N2O3S. The van der Waals surface area contributed by atoms with E-state index in [2.05, 4.69) is 10.2 Å². The third kappa shape index (κ3) is 4.02. The molecule has 22 heavy (non-hydrogen) atoms. The number of likely N-dealkylation sites (tertiary alicyclic amines) is 1. The first-order valence-corrected chi connectivity index (χ1v) is 10.6. The molecule has 2 saturated heterocycles. The lowest BCUT2D eigenvalue weighted by atomic mass is 9.87. The van der Waals surface area contributed by atoms with Gasteiger partial charge in [0.15, 0.2) is 9.84 Å². The third-order valence-electron chi connectivity index (χ3n) is 5.48. The van der Waals surface area contributed by atoms with Crippen LogP contribution in [0.25, 0.3) is 0 Å². The minimum atomic E-state index is -3.02. The van der Waals surface area contributed by atoms with Crippen LogP contribution in [0.1, 0.15) is 51.4 Å².